The Morgan fingerprint density at radius 1 is 1.39 bits per heavy atom. The summed E-state index contributed by atoms with van der Waals surface area (Å²) in [6, 6.07) is 2.06. The lowest BCUT2D eigenvalue weighted by Crippen LogP contribution is -2.26. The number of hydrogen-bond acceptors (Lipinski definition) is 3. The standard InChI is InChI=1S/C12H11F2NO3/c1-15-11(17)18-12(2-3-12)7-4-9(13)8(6-16)10(14)5-7/h4-6H,2-3H2,1H3,(H,15,17). The molecular formula is C12H11F2NO3. The van der Waals surface area contributed by atoms with Gasteiger partial charge in [0, 0.05) is 12.6 Å². The van der Waals surface area contributed by atoms with Gasteiger partial charge in [-0.1, -0.05) is 0 Å². The fraction of sp³-hybridized carbons (Fsp3) is 0.333. The van der Waals surface area contributed by atoms with Crippen molar-refractivity contribution in [1.29, 1.82) is 0 Å². The number of carbonyl (C=O) groups excluding carboxylic acids is 2. The molecule has 1 saturated carbocycles. The summed E-state index contributed by atoms with van der Waals surface area (Å²) in [5.74, 6) is -1.90. The summed E-state index contributed by atoms with van der Waals surface area (Å²) in [6.45, 7) is 0. The van der Waals surface area contributed by atoms with Crippen LogP contribution in [0.5, 0.6) is 0 Å². The third-order valence-corrected chi connectivity index (χ3v) is 2.92. The van der Waals surface area contributed by atoms with Gasteiger partial charge in [0.05, 0.1) is 5.56 Å². The van der Waals surface area contributed by atoms with Crippen molar-refractivity contribution in [2.45, 2.75) is 18.4 Å². The van der Waals surface area contributed by atoms with Crippen LogP contribution in [-0.2, 0) is 10.3 Å². The maximum atomic E-state index is 13.5. The number of rotatable bonds is 3. The Morgan fingerprint density at radius 2 is 1.94 bits per heavy atom. The second kappa shape index (κ2) is 4.36. The highest BCUT2D eigenvalue weighted by atomic mass is 19.1. The summed E-state index contributed by atoms with van der Waals surface area (Å²) in [5.41, 5.74) is -1.36. The van der Waals surface area contributed by atoms with Gasteiger partial charge in [0.25, 0.3) is 0 Å². The van der Waals surface area contributed by atoms with Gasteiger partial charge >= 0.3 is 6.09 Å². The second-order valence-electron chi connectivity index (χ2n) is 4.11. The third-order valence-electron chi connectivity index (χ3n) is 2.92. The first kappa shape index (κ1) is 12.5. The van der Waals surface area contributed by atoms with Gasteiger partial charge in [-0.15, -0.1) is 0 Å². The minimum Gasteiger partial charge on any atom is -0.438 e. The molecule has 0 spiro atoms. The molecule has 0 saturated heterocycles. The monoisotopic (exact) mass is 255 g/mol. The maximum absolute atomic E-state index is 13.5. The molecule has 1 aromatic rings. The molecular weight excluding hydrogens is 244 g/mol. The highest BCUT2D eigenvalue weighted by molar-refractivity contribution is 5.76. The molecule has 6 heteroatoms. The van der Waals surface area contributed by atoms with Crippen LogP contribution in [0.2, 0.25) is 0 Å². The first-order valence-corrected chi connectivity index (χ1v) is 5.38. The Balaban J connectivity index is 2.35. The van der Waals surface area contributed by atoms with E-state index in [9.17, 15) is 18.4 Å². The van der Waals surface area contributed by atoms with Gasteiger partial charge < -0.3 is 10.1 Å². The van der Waals surface area contributed by atoms with Crippen LogP contribution in [0.25, 0.3) is 0 Å². The highest BCUT2D eigenvalue weighted by Gasteiger charge is 2.49. The van der Waals surface area contributed by atoms with E-state index in [1.165, 1.54) is 7.05 Å². The fourth-order valence-electron chi connectivity index (χ4n) is 1.75. The highest BCUT2D eigenvalue weighted by Crippen LogP contribution is 2.49. The van der Waals surface area contributed by atoms with Crippen molar-refractivity contribution in [3.63, 3.8) is 0 Å². The predicted octanol–water partition coefficient (Wildman–Crippen LogP) is 2.12. The van der Waals surface area contributed by atoms with Gasteiger partial charge in [0.1, 0.15) is 17.2 Å². The summed E-state index contributed by atoms with van der Waals surface area (Å²) in [5, 5.41) is 2.28. The van der Waals surface area contributed by atoms with Crippen LogP contribution in [0.15, 0.2) is 12.1 Å². The van der Waals surface area contributed by atoms with E-state index in [2.05, 4.69) is 5.32 Å². The van der Waals surface area contributed by atoms with Crippen LogP contribution in [0, 0.1) is 11.6 Å². The van der Waals surface area contributed by atoms with Gasteiger partial charge in [-0.2, -0.15) is 0 Å². The first-order chi connectivity index (χ1) is 8.52. The molecule has 0 unspecified atom stereocenters. The topological polar surface area (TPSA) is 55.4 Å². The molecule has 18 heavy (non-hydrogen) atoms. The first-order valence-electron chi connectivity index (χ1n) is 5.38. The second-order valence-corrected chi connectivity index (χ2v) is 4.11. The van der Waals surface area contributed by atoms with E-state index in [0.29, 0.717) is 12.8 Å². The number of hydrogen-bond donors (Lipinski definition) is 1. The molecule has 96 valence electrons. The molecule has 1 N–H and O–H groups in total. The molecule has 1 fully saturated rings. The Kier molecular flexibility index (Phi) is 3.02. The molecule has 4 nitrogen and oxygen atoms in total. The van der Waals surface area contributed by atoms with Crippen LogP contribution >= 0.6 is 0 Å². The van der Waals surface area contributed by atoms with Crippen LogP contribution < -0.4 is 5.32 Å². The van der Waals surface area contributed by atoms with E-state index < -0.39 is 28.9 Å². The van der Waals surface area contributed by atoms with Crippen molar-refractivity contribution >= 4 is 12.4 Å². The average Bonchev–Trinajstić information content (AvgIpc) is 3.09. The van der Waals surface area contributed by atoms with E-state index >= 15 is 0 Å². The van der Waals surface area contributed by atoms with Crippen LogP contribution in [0.1, 0.15) is 28.8 Å². The molecule has 0 aromatic heterocycles. The summed E-state index contributed by atoms with van der Waals surface area (Å²) in [7, 11) is 1.40. The van der Waals surface area contributed by atoms with E-state index in [1.54, 1.807) is 0 Å². The van der Waals surface area contributed by atoms with Gasteiger partial charge in [0.15, 0.2) is 6.29 Å². The number of alkyl carbamates (subject to hydrolysis) is 1. The Bertz CT molecular complexity index is 489. The fourth-order valence-corrected chi connectivity index (χ4v) is 1.75. The minimum absolute atomic E-state index is 0.119. The molecule has 0 atom stereocenters. The quantitative estimate of drug-likeness (QED) is 0.842. The zero-order valence-electron chi connectivity index (χ0n) is 9.63. The minimum atomic E-state index is -0.969. The number of ether oxygens (including phenoxy) is 1. The lowest BCUT2D eigenvalue weighted by Gasteiger charge is -2.17. The Morgan fingerprint density at radius 3 is 2.33 bits per heavy atom. The molecule has 0 radical (unpaired) electrons. The molecule has 0 aliphatic heterocycles. The average molecular weight is 255 g/mol. The summed E-state index contributed by atoms with van der Waals surface area (Å²) in [6.07, 6.45) is 0.459. The molecule has 0 bridgehead atoms. The molecule has 1 aliphatic rings. The third kappa shape index (κ3) is 2.05. The number of halogens is 2. The van der Waals surface area contributed by atoms with Crippen LogP contribution in [0.3, 0.4) is 0 Å². The van der Waals surface area contributed by atoms with Crippen molar-refractivity contribution in [2.75, 3.05) is 7.05 Å². The number of carbonyl (C=O) groups is 2. The van der Waals surface area contributed by atoms with Gasteiger partial charge in [-0.05, 0) is 25.0 Å². The molecule has 1 amide bonds. The number of amides is 1. The van der Waals surface area contributed by atoms with Crippen molar-refractivity contribution in [3.05, 3.63) is 34.9 Å². The summed E-state index contributed by atoms with van der Waals surface area (Å²) >= 11 is 0. The zero-order chi connectivity index (χ0) is 13.3. The number of benzene rings is 1. The van der Waals surface area contributed by atoms with Crippen molar-refractivity contribution < 1.29 is 23.1 Å². The molecule has 1 aliphatic carbocycles. The normalized spacial score (nSPS) is 15.9. The number of nitrogens with one attached hydrogen (secondary N) is 1. The van der Waals surface area contributed by atoms with Crippen molar-refractivity contribution in [1.82, 2.24) is 5.32 Å². The Labute approximate surface area is 102 Å². The van der Waals surface area contributed by atoms with E-state index in [4.69, 9.17) is 4.74 Å². The van der Waals surface area contributed by atoms with Gasteiger partial charge in [-0.3, -0.25) is 4.79 Å². The lowest BCUT2D eigenvalue weighted by molar-refractivity contribution is 0.0825. The van der Waals surface area contributed by atoms with Crippen LogP contribution in [0.4, 0.5) is 13.6 Å². The summed E-state index contributed by atoms with van der Waals surface area (Å²) in [4.78, 5) is 21.6. The number of aldehydes is 1. The Hall–Kier alpha value is -1.98. The molecule has 2 rings (SSSR count). The SMILES string of the molecule is CNC(=O)OC1(c2cc(F)c(C=O)c(F)c2)CC1. The van der Waals surface area contributed by atoms with E-state index in [0.717, 1.165) is 12.1 Å². The predicted molar refractivity (Wildman–Crippen MR) is 58.2 cm³/mol. The lowest BCUT2D eigenvalue weighted by atomic mass is 10.0. The molecule has 0 heterocycles. The largest absolute Gasteiger partial charge is 0.438 e. The van der Waals surface area contributed by atoms with Crippen LogP contribution in [-0.4, -0.2) is 19.4 Å². The van der Waals surface area contributed by atoms with E-state index in [1.807, 2.05) is 0 Å². The zero-order valence-corrected chi connectivity index (χ0v) is 9.63. The summed E-state index contributed by atoms with van der Waals surface area (Å²) < 4.78 is 32.0. The van der Waals surface area contributed by atoms with Crippen molar-refractivity contribution in [3.8, 4) is 0 Å². The maximum Gasteiger partial charge on any atom is 0.407 e. The smallest absolute Gasteiger partial charge is 0.407 e. The molecule has 1 aromatic carbocycles. The van der Waals surface area contributed by atoms with Crippen molar-refractivity contribution in [2.24, 2.45) is 0 Å². The van der Waals surface area contributed by atoms with E-state index in [-0.39, 0.29) is 11.8 Å². The van der Waals surface area contributed by atoms with Gasteiger partial charge in [0.2, 0.25) is 0 Å². The van der Waals surface area contributed by atoms with Gasteiger partial charge in [-0.25, -0.2) is 13.6 Å².